The summed E-state index contributed by atoms with van der Waals surface area (Å²) in [4.78, 5) is 18.6. The molecule has 6 heteroatoms. The number of pyridine rings is 1. The molecule has 1 aromatic carbocycles. The maximum atomic E-state index is 12.4. The number of nitrogens with one attached hydrogen (secondary N) is 2. The third kappa shape index (κ3) is 3.43. The Bertz CT molecular complexity index is 735. The second kappa shape index (κ2) is 6.75. The van der Waals surface area contributed by atoms with Crippen molar-refractivity contribution in [1.29, 1.82) is 0 Å². The molecule has 4 rings (SSSR count). The topological polar surface area (TPSA) is 54.0 Å². The Morgan fingerprint density at radius 2 is 1.96 bits per heavy atom. The van der Waals surface area contributed by atoms with Gasteiger partial charge in [-0.15, -0.1) is 0 Å². The minimum absolute atomic E-state index is 0.0130. The molecule has 2 bridgehead atoms. The summed E-state index contributed by atoms with van der Waals surface area (Å²) in [5.41, 5.74) is 0.705. The molecule has 24 heavy (non-hydrogen) atoms. The van der Waals surface area contributed by atoms with Crippen molar-refractivity contribution in [2.45, 2.75) is 34.7 Å². The zero-order valence-electron chi connectivity index (χ0n) is 13.0. The molecule has 2 aromatic rings. The lowest BCUT2D eigenvalue weighted by atomic mass is 10.1. The van der Waals surface area contributed by atoms with Crippen molar-refractivity contribution in [2.75, 3.05) is 6.54 Å². The Labute approximate surface area is 150 Å². The standard InChI is InChI=1S/C18H18ClN3OS/c19-17-6-5-14(10-21-17)24-13-3-1-12(2-4-13)18(23)22-16-8-11-7-15(16)20-9-11/h1-6,10-11,15-16,20H,7-9H2,(H,22,23). The lowest BCUT2D eigenvalue weighted by Gasteiger charge is -2.24. The van der Waals surface area contributed by atoms with Crippen LogP contribution in [0.2, 0.25) is 5.15 Å². The number of aromatic nitrogens is 1. The van der Waals surface area contributed by atoms with Gasteiger partial charge < -0.3 is 10.6 Å². The first-order chi connectivity index (χ1) is 11.7. The minimum Gasteiger partial charge on any atom is -0.348 e. The van der Waals surface area contributed by atoms with Gasteiger partial charge in [-0.3, -0.25) is 4.79 Å². The van der Waals surface area contributed by atoms with Gasteiger partial charge in [-0.1, -0.05) is 23.4 Å². The monoisotopic (exact) mass is 359 g/mol. The van der Waals surface area contributed by atoms with Crippen LogP contribution in [0, 0.1) is 5.92 Å². The molecule has 124 valence electrons. The molecular weight excluding hydrogens is 342 g/mol. The van der Waals surface area contributed by atoms with E-state index in [2.05, 4.69) is 15.6 Å². The normalized spacial score (nSPS) is 25.0. The van der Waals surface area contributed by atoms with Crippen LogP contribution in [-0.4, -0.2) is 29.5 Å². The number of hydrogen-bond acceptors (Lipinski definition) is 4. The van der Waals surface area contributed by atoms with E-state index in [9.17, 15) is 4.79 Å². The second-order valence-corrected chi connectivity index (χ2v) is 7.91. The highest BCUT2D eigenvalue weighted by atomic mass is 35.5. The van der Waals surface area contributed by atoms with Gasteiger partial charge in [0.15, 0.2) is 0 Å². The van der Waals surface area contributed by atoms with Crippen LogP contribution in [0.5, 0.6) is 0 Å². The third-order valence-corrected chi connectivity index (χ3v) is 5.91. The predicted octanol–water partition coefficient (Wildman–Crippen LogP) is 3.37. The third-order valence-electron chi connectivity index (χ3n) is 4.70. The number of nitrogens with zero attached hydrogens (tertiary/aromatic N) is 1. The molecule has 1 saturated heterocycles. The van der Waals surface area contributed by atoms with E-state index in [-0.39, 0.29) is 11.9 Å². The van der Waals surface area contributed by atoms with Gasteiger partial charge in [-0.2, -0.15) is 0 Å². The Kier molecular flexibility index (Phi) is 4.48. The summed E-state index contributed by atoms with van der Waals surface area (Å²) in [5, 5.41) is 7.13. The van der Waals surface area contributed by atoms with E-state index in [0.29, 0.717) is 16.8 Å². The Morgan fingerprint density at radius 3 is 2.58 bits per heavy atom. The fourth-order valence-corrected chi connectivity index (χ4v) is 4.40. The number of piperidine rings is 1. The summed E-state index contributed by atoms with van der Waals surface area (Å²) >= 11 is 7.39. The van der Waals surface area contributed by atoms with E-state index < -0.39 is 0 Å². The molecule has 1 saturated carbocycles. The van der Waals surface area contributed by atoms with Crippen LogP contribution in [0.4, 0.5) is 0 Å². The molecule has 2 N–H and O–H groups in total. The maximum Gasteiger partial charge on any atom is 0.251 e. The quantitative estimate of drug-likeness (QED) is 0.822. The number of halogens is 1. The molecule has 1 aliphatic heterocycles. The maximum absolute atomic E-state index is 12.4. The highest BCUT2D eigenvalue weighted by molar-refractivity contribution is 7.99. The van der Waals surface area contributed by atoms with Crippen LogP contribution in [0.25, 0.3) is 0 Å². The SMILES string of the molecule is O=C(NC1CC2CNC1C2)c1ccc(Sc2ccc(Cl)nc2)cc1. The van der Waals surface area contributed by atoms with E-state index in [1.165, 1.54) is 6.42 Å². The Balaban J connectivity index is 1.38. The first kappa shape index (κ1) is 15.9. The van der Waals surface area contributed by atoms with Crippen molar-refractivity contribution >= 4 is 29.3 Å². The van der Waals surface area contributed by atoms with Crippen LogP contribution in [0.1, 0.15) is 23.2 Å². The predicted molar refractivity (Wildman–Crippen MR) is 95.6 cm³/mol. The Hall–Kier alpha value is -1.56. The minimum atomic E-state index is 0.0130. The van der Waals surface area contributed by atoms with E-state index in [1.54, 1.807) is 24.0 Å². The van der Waals surface area contributed by atoms with Gasteiger partial charge in [0, 0.05) is 33.6 Å². The van der Waals surface area contributed by atoms with Crippen molar-refractivity contribution in [3.63, 3.8) is 0 Å². The highest BCUT2D eigenvalue weighted by Crippen LogP contribution is 2.31. The van der Waals surface area contributed by atoms with Crippen LogP contribution >= 0.6 is 23.4 Å². The number of carbonyl (C=O) groups is 1. The number of amides is 1. The highest BCUT2D eigenvalue weighted by Gasteiger charge is 2.39. The summed E-state index contributed by atoms with van der Waals surface area (Å²) in [6, 6.07) is 12.1. The first-order valence-corrected chi connectivity index (χ1v) is 9.30. The number of benzene rings is 1. The fraction of sp³-hybridized carbons (Fsp3) is 0.333. The van der Waals surface area contributed by atoms with Crippen molar-refractivity contribution in [3.8, 4) is 0 Å². The largest absolute Gasteiger partial charge is 0.348 e. The van der Waals surface area contributed by atoms with Gasteiger partial charge in [0.05, 0.1) is 0 Å². The molecule has 2 heterocycles. The average Bonchev–Trinajstić information content (AvgIpc) is 3.20. The van der Waals surface area contributed by atoms with Crippen molar-refractivity contribution < 1.29 is 4.79 Å². The van der Waals surface area contributed by atoms with Crippen LogP contribution < -0.4 is 10.6 Å². The van der Waals surface area contributed by atoms with E-state index in [0.717, 1.165) is 28.7 Å². The molecule has 2 aliphatic rings. The fourth-order valence-electron chi connectivity index (χ4n) is 3.50. The lowest BCUT2D eigenvalue weighted by molar-refractivity contribution is 0.0928. The van der Waals surface area contributed by atoms with Gasteiger partial charge >= 0.3 is 0 Å². The van der Waals surface area contributed by atoms with Gasteiger partial charge in [0.1, 0.15) is 5.15 Å². The van der Waals surface area contributed by atoms with Crippen LogP contribution in [0.3, 0.4) is 0 Å². The van der Waals surface area contributed by atoms with Gasteiger partial charge in [0.25, 0.3) is 5.91 Å². The summed E-state index contributed by atoms with van der Waals surface area (Å²) in [7, 11) is 0. The molecular formula is C18H18ClN3OS. The Morgan fingerprint density at radius 1 is 1.17 bits per heavy atom. The molecule has 4 nitrogen and oxygen atoms in total. The molecule has 0 radical (unpaired) electrons. The lowest BCUT2D eigenvalue weighted by Crippen LogP contribution is -2.47. The summed E-state index contributed by atoms with van der Waals surface area (Å²) in [6.07, 6.45) is 4.03. The van der Waals surface area contributed by atoms with E-state index in [4.69, 9.17) is 11.6 Å². The van der Waals surface area contributed by atoms with Crippen molar-refractivity contribution in [2.24, 2.45) is 5.92 Å². The van der Waals surface area contributed by atoms with E-state index in [1.807, 2.05) is 30.3 Å². The van der Waals surface area contributed by atoms with Gasteiger partial charge in [-0.25, -0.2) is 4.98 Å². The smallest absolute Gasteiger partial charge is 0.251 e. The molecule has 1 amide bonds. The van der Waals surface area contributed by atoms with Crippen molar-refractivity contribution in [1.82, 2.24) is 15.6 Å². The molecule has 3 unspecified atom stereocenters. The zero-order valence-corrected chi connectivity index (χ0v) is 14.6. The molecule has 2 fully saturated rings. The molecule has 0 spiro atoms. The zero-order chi connectivity index (χ0) is 16.5. The van der Waals surface area contributed by atoms with Crippen LogP contribution in [-0.2, 0) is 0 Å². The number of fused-ring (bicyclic) bond motifs is 2. The molecule has 3 atom stereocenters. The van der Waals surface area contributed by atoms with Crippen molar-refractivity contribution in [3.05, 3.63) is 53.3 Å². The average molecular weight is 360 g/mol. The molecule has 1 aromatic heterocycles. The number of carbonyl (C=O) groups excluding carboxylic acids is 1. The summed E-state index contributed by atoms with van der Waals surface area (Å²) in [5.74, 6) is 0.742. The van der Waals surface area contributed by atoms with Gasteiger partial charge in [0.2, 0.25) is 0 Å². The number of rotatable bonds is 4. The van der Waals surface area contributed by atoms with E-state index >= 15 is 0 Å². The first-order valence-electron chi connectivity index (χ1n) is 8.11. The summed E-state index contributed by atoms with van der Waals surface area (Å²) in [6.45, 7) is 1.10. The number of hydrogen-bond donors (Lipinski definition) is 2. The van der Waals surface area contributed by atoms with Crippen LogP contribution in [0.15, 0.2) is 52.4 Å². The second-order valence-electron chi connectivity index (χ2n) is 6.38. The molecule has 1 aliphatic carbocycles. The summed E-state index contributed by atoms with van der Waals surface area (Å²) < 4.78 is 0. The van der Waals surface area contributed by atoms with Gasteiger partial charge in [-0.05, 0) is 61.7 Å².